The van der Waals surface area contributed by atoms with E-state index in [1.165, 1.54) is 48.8 Å². The Bertz CT molecular complexity index is 473. The van der Waals surface area contributed by atoms with Gasteiger partial charge in [0.05, 0.1) is 13.2 Å². The quantitative estimate of drug-likeness (QED) is 0.635. The molecule has 2 rings (SSSR count). The second-order valence-corrected chi connectivity index (χ2v) is 6.54. The fourth-order valence-corrected chi connectivity index (χ4v) is 3.97. The molecule has 118 valence electrons. The second kappa shape index (κ2) is 7.28. The van der Waals surface area contributed by atoms with Gasteiger partial charge in [-0.25, -0.2) is 0 Å². The third-order valence-corrected chi connectivity index (χ3v) is 5.08. The predicted octanol–water partition coefficient (Wildman–Crippen LogP) is 4.03. The normalized spacial score (nSPS) is 23.9. The zero-order valence-electron chi connectivity index (χ0n) is 13.9. The summed E-state index contributed by atoms with van der Waals surface area (Å²) in [5.41, 5.74) is 6.84. The molecule has 21 heavy (non-hydrogen) atoms. The van der Waals surface area contributed by atoms with Gasteiger partial charge in [0.25, 0.3) is 0 Å². The Morgan fingerprint density at radius 1 is 1.33 bits per heavy atom. The van der Waals surface area contributed by atoms with E-state index in [1.807, 2.05) is 0 Å². The summed E-state index contributed by atoms with van der Waals surface area (Å²) >= 11 is 0. The molecule has 1 aliphatic carbocycles. The Morgan fingerprint density at radius 2 is 2.10 bits per heavy atom. The molecule has 0 bridgehead atoms. The summed E-state index contributed by atoms with van der Waals surface area (Å²) in [6.07, 6.45) is 6.48. The number of benzene rings is 1. The van der Waals surface area contributed by atoms with Gasteiger partial charge in [-0.05, 0) is 55.7 Å². The first-order valence-electron chi connectivity index (χ1n) is 8.21. The molecule has 0 aromatic heterocycles. The molecule has 3 heteroatoms. The summed E-state index contributed by atoms with van der Waals surface area (Å²) in [5, 5.41) is 0. The van der Waals surface area contributed by atoms with E-state index in [4.69, 9.17) is 10.6 Å². The van der Waals surface area contributed by atoms with E-state index in [2.05, 4.69) is 38.3 Å². The lowest BCUT2D eigenvalue weighted by molar-refractivity contribution is 0.207. The first-order chi connectivity index (χ1) is 10.1. The van der Waals surface area contributed by atoms with E-state index in [0.29, 0.717) is 5.92 Å². The van der Waals surface area contributed by atoms with Crippen LogP contribution in [0.1, 0.15) is 61.8 Å². The van der Waals surface area contributed by atoms with Gasteiger partial charge in [-0.1, -0.05) is 32.3 Å². The van der Waals surface area contributed by atoms with Crippen molar-refractivity contribution in [3.63, 3.8) is 0 Å². The van der Waals surface area contributed by atoms with Crippen LogP contribution in [0.2, 0.25) is 0 Å². The van der Waals surface area contributed by atoms with Crippen LogP contribution in [0.15, 0.2) is 12.1 Å². The summed E-state index contributed by atoms with van der Waals surface area (Å²) in [6, 6.07) is 4.53. The number of nitrogens with one attached hydrogen (secondary N) is 1. The van der Waals surface area contributed by atoms with Gasteiger partial charge in [0.1, 0.15) is 5.75 Å². The maximum absolute atomic E-state index is 5.95. The van der Waals surface area contributed by atoms with Crippen LogP contribution in [0, 0.1) is 25.7 Å². The van der Waals surface area contributed by atoms with Gasteiger partial charge < -0.3 is 4.74 Å². The highest BCUT2D eigenvalue weighted by molar-refractivity contribution is 5.45. The van der Waals surface area contributed by atoms with E-state index in [9.17, 15) is 0 Å². The van der Waals surface area contributed by atoms with Crippen LogP contribution in [-0.4, -0.2) is 7.11 Å². The van der Waals surface area contributed by atoms with Crippen LogP contribution in [-0.2, 0) is 0 Å². The fraction of sp³-hybridized carbons (Fsp3) is 0.667. The summed E-state index contributed by atoms with van der Waals surface area (Å²) in [4.78, 5) is 0. The lowest BCUT2D eigenvalue weighted by Gasteiger charge is -2.35. The zero-order valence-corrected chi connectivity index (χ0v) is 13.9. The van der Waals surface area contributed by atoms with Crippen molar-refractivity contribution in [1.29, 1.82) is 0 Å². The van der Waals surface area contributed by atoms with Crippen LogP contribution in [0.5, 0.6) is 5.75 Å². The van der Waals surface area contributed by atoms with Gasteiger partial charge >= 0.3 is 0 Å². The van der Waals surface area contributed by atoms with Crippen LogP contribution in [0.25, 0.3) is 0 Å². The molecule has 0 saturated heterocycles. The largest absolute Gasteiger partial charge is 0.496 e. The van der Waals surface area contributed by atoms with E-state index < -0.39 is 0 Å². The van der Waals surface area contributed by atoms with E-state index in [1.54, 1.807) is 7.11 Å². The molecule has 3 nitrogen and oxygen atoms in total. The molecule has 1 aromatic rings. The Kier molecular flexibility index (Phi) is 5.65. The van der Waals surface area contributed by atoms with Gasteiger partial charge in [-0.2, -0.15) is 0 Å². The molecule has 1 fully saturated rings. The molecule has 0 radical (unpaired) electrons. The minimum Gasteiger partial charge on any atom is -0.496 e. The first kappa shape index (κ1) is 16.3. The van der Waals surface area contributed by atoms with Crippen molar-refractivity contribution in [3.05, 3.63) is 28.8 Å². The van der Waals surface area contributed by atoms with Crippen LogP contribution in [0.3, 0.4) is 0 Å². The maximum Gasteiger partial charge on any atom is 0.124 e. The zero-order chi connectivity index (χ0) is 15.4. The van der Waals surface area contributed by atoms with E-state index in [0.717, 1.165) is 11.7 Å². The Hall–Kier alpha value is -1.06. The highest BCUT2D eigenvalue weighted by atomic mass is 16.5. The molecular formula is C18H30N2O. The SMILES string of the molecule is CCC1CCCC(C(NN)c2c(C)cc(C)cc2OC)C1. The number of rotatable bonds is 5. The number of hydrogen-bond donors (Lipinski definition) is 2. The van der Waals surface area contributed by atoms with Crippen molar-refractivity contribution < 1.29 is 4.74 Å². The van der Waals surface area contributed by atoms with Crippen molar-refractivity contribution in [3.8, 4) is 5.75 Å². The van der Waals surface area contributed by atoms with Crippen molar-refractivity contribution in [2.75, 3.05) is 7.11 Å². The predicted molar refractivity (Wildman–Crippen MR) is 88.3 cm³/mol. The summed E-state index contributed by atoms with van der Waals surface area (Å²) in [7, 11) is 1.75. The second-order valence-electron chi connectivity index (χ2n) is 6.54. The average Bonchev–Trinajstić information content (AvgIpc) is 2.49. The van der Waals surface area contributed by atoms with E-state index in [-0.39, 0.29) is 6.04 Å². The molecule has 1 aliphatic rings. The standard InChI is InChI=1S/C18H30N2O/c1-5-14-7-6-8-15(11-14)18(20-19)17-13(3)9-12(2)10-16(17)21-4/h9-10,14-15,18,20H,5-8,11,19H2,1-4H3. The molecular weight excluding hydrogens is 260 g/mol. The van der Waals surface area contributed by atoms with Gasteiger partial charge in [-0.3, -0.25) is 11.3 Å². The Labute approximate surface area is 129 Å². The molecule has 0 spiro atoms. The Morgan fingerprint density at radius 3 is 2.71 bits per heavy atom. The van der Waals surface area contributed by atoms with Crippen LogP contribution < -0.4 is 16.0 Å². The number of methoxy groups -OCH3 is 1. The summed E-state index contributed by atoms with van der Waals surface area (Å²) < 4.78 is 5.64. The van der Waals surface area contributed by atoms with Crippen molar-refractivity contribution in [1.82, 2.24) is 5.43 Å². The summed E-state index contributed by atoms with van der Waals surface area (Å²) in [5.74, 6) is 8.36. The smallest absolute Gasteiger partial charge is 0.124 e. The number of hydrazine groups is 1. The molecule has 0 amide bonds. The van der Waals surface area contributed by atoms with Gasteiger partial charge in [0.2, 0.25) is 0 Å². The highest BCUT2D eigenvalue weighted by Gasteiger charge is 2.30. The minimum absolute atomic E-state index is 0.190. The van der Waals surface area contributed by atoms with Gasteiger partial charge in [0.15, 0.2) is 0 Å². The summed E-state index contributed by atoms with van der Waals surface area (Å²) in [6.45, 7) is 6.57. The lowest BCUT2D eigenvalue weighted by atomic mass is 9.74. The van der Waals surface area contributed by atoms with Crippen molar-refractivity contribution in [2.24, 2.45) is 17.7 Å². The van der Waals surface area contributed by atoms with Crippen molar-refractivity contribution in [2.45, 2.75) is 58.9 Å². The molecule has 0 aliphatic heterocycles. The highest BCUT2D eigenvalue weighted by Crippen LogP contribution is 2.41. The molecule has 3 N–H and O–H groups in total. The maximum atomic E-state index is 5.95. The number of nitrogens with two attached hydrogens (primary N) is 1. The molecule has 0 heterocycles. The molecule has 1 aromatic carbocycles. The molecule has 1 saturated carbocycles. The van der Waals surface area contributed by atoms with Gasteiger partial charge in [-0.15, -0.1) is 0 Å². The van der Waals surface area contributed by atoms with Crippen LogP contribution in [0.4, 0.5) is 0 Å². The fourth-order valence-electron chi connectivity index (χ4n) is 3.97. The number of hydrogen-bond acceptors (Lipinski definition) is 3. The minimum atomic E-state index is 0.190. The third-order valence-electron chi connectivity index (χ3n) is 5.08. The van der Waals surface area contributed by atoms with Crippen LogP contribution >= 0.6 is 0 Å². The molecule has 3 unspecified atom stereocenters. The van der Waals surface area contributed by atoms with E-state index >= 15 is 0 Å². The monoisotopic (exact) mass is 290 g/mol. The van der Waals surface area contributed by atoms with Gasteiger partial charge in [0, 0.05) is 5.56 Å². The topological polar surface area (TPSA) is 47.3 Å². The number of ether oxygens (including phenoxy) is 1. The lowest BCUT2D eigenvalue weighted by Crippen LogP contribution is -2.36. The first-order valence-corrected chi connectivity index (χ1v) is 8.21. The number of aryl methyl sites for hydroxylation is 2. The molecule has 3 atom stereocenters. The van der Waals surface area contributed by atoms with Crippen molar-refractivity contribution >= 4 is 0 Å². The third kappa shape index (κ3) is 3.58. The Balaban J connectivity index is 2.32. The average molecular weight is 290 g/mol.